The number of pyridine rings is 1. The fourth-order valence-corrected chi connectivity index (χ4v) is 5.82. The molecule has 1 aromatic rings. The number of aromatic nitrogens is 1. The lowest BCUT2D eigenvalue weighted by Crippen LogP contribution is -2.46. The van der Waals surface area contributed by atoms with Crippen molar-refractivity contribution in [2.45, 2.75) is 51.1 Å². The van der Waals surface area contributed by atoms with Crippen molar-refractivity contribution in [3.8, 4) is 0 Å². The van der Waals surface area contributed by atoms with Crippen molar-refractivity contribution in [3.63, 3.8) is 0 Å². The number of nitrogens with one attached hydrogen (secondary N) is 1. The number of nitrogens with zero attached hydrogens (tertiary/aromatic N) is 1. The number of hydrogen-bond donors (Lipinski definition) is 1. The summed E-state index contributed by atoms with van der Waals surface area (Å²) in [6.07, 6.45) is 6.09. The fraction of sp³-hybridized carbons (Fsp3) is 0.722. The number of hydrogen-bond acceptors (Lipinski definition) is 2. The van der Waals surface area contributed by atoms with E-state index in [9.17, 15) is 13.2 Å². The fourth-order valence-electron chi connectivity index (χ4n) is 5.82. The van der Waals surface area contributed by atoms with Crippen LogP contribution in [-0.4, -0.2) is 11.5 Å². The van der Waals surface area contributed by atoms with E-state index in [0.29, 0.717) is 12.0 Å². The van der Waals surface area contributed by atoms with E-state index >= 15 is 0 Å². The molecule has 0 unspecified atom stereocenters. The molecule has 0 saturated heterocycles. The normalized spacial score (nSPS) is 35.5. The van der Waals surface area contributed by atoms with Gasteiger partial charge in [0.2, 0.25) is 0 Å². The van der Waals surface area contributed by atoms with Crippen LogP contribution in [0.4, 0.5) is 19.0 Å². The Balaban J connectivity index is 1.41. The first-order valence-electron chi connectivity index (χ1n) is 8.70. The first-order valence-corrected chi connectivity index (χ1v) is 8.70. The molecule has 0 radical (unpaired) electrons. The Hall–Kier alpha value is -1.26. The van der Waals surface area contributed by atoms with Crippen molar-refractivity contribution >= 4 is 5.82 Å². The van der Waals surface area contributed by atoms with Gasteiger partial charge in [-0.2, -0.15) is 13.2 Å². The summed E-state index contributed by atoms with van der Waals surface area (Å²) in [5.41, 5.74) is -0.278. The lowest BCUT2D eigenvalue weighted by molar-refractivity contribution is -0.137. The van der Waals surface area contributed by atoms with Crippen LogP contribution in [-0.2, 0) is 6.18 Å². The molecule has 1 heterocycles. The second-order valence-electron chi connectivity index (χ2n) is 7.99. The highest BCUT2D eigenvalue weighted by Gasteiger charge is 2.50. The van der Waals surface area contributed by atoms with Gasteiger partial charge in [0, 0.05) is 12.7 Å². The van der Waals surface area contributed by atoms with E-state index < -0.39 is 11.7 Å². The van der Waals surface area contributed by atoms with Gasteiger partial charge in [-0.15, -0.1) is 0 Å². The van der Waals surface area contributed by atoms with Gasteiger partial charge in [-0.3, -0.25) is 0 Å². The summed E-state index contributed by atoms with van der Waals surface area (Å²) in [5.74, 6) is 2.61. The molecule has 1 aromatic heterocycles. The zero-order valence-electron chi connectivity index (χ0n) is 13.2. The van der Waals surface area contributed by atoms with Crippen LogP contribution in [0, 0.1) is 23.2 Å². The molecular formula is C18H23F3N2. The van der Waals surface area contributed by atoms with Gasteiger partial charge in [0.05, 0.1) is 5.56 Å². The number of rotatable bonds is 4. The van der Waals surface area contributed by atoms with Crippen LogP contribution in [0.5, 0.6) is 0 Å². The Kier molecular flexibility index (Phi) is 3.58. The molecule has 0 atom stereocenters. The van der Waals surface area contributed by atoms with Crippen molar-refractivity contribution in [2.24, 2.45) is 23.2 Å². The smallest absolute Gasteiger partial charge is 0.370 e. The number of halogens is 3. The molecule has 126 valence electrons. The predicted octanol–water partition coefficient (Wildman–Crippen LogP) is 5.12. The van der Waals surface area contributed by atoms with Crippen molar-refractivity contribution in [3.05, 3.63) is 23.9 Å². The Labute approximate surface area is 134 Å². The van der Waals surface area contributed by atoms with Gasteiger partial charge < -0.3 is 5.32 Å². The molecule has 5 heteroatoms. The molecule has 4 aliphatic rings. The summed E-state index contributed by atoms with van der Waals surface area (Å²) in [7, 11) is 0. The molecule has 4 aliphatic carbocycles. The molecular weight excluding hydrogens is 301 g/mol. The average molecular weight is 324 g/mol. The third kappa shape index (κ3) is 2.94. The first-order chi connectivity index (χ1) is 10.9. The minimum atomic E-state index is -4.35. The molecule has 0 amide bonds. The third-order valence-corrected chi connectivity index (χ3v) is 6.23. The molecule has 0 aliphatic heterocycles. The van der Waals surface area contributed by atoms with Crippen LogP contribution >= 0.6 is 0 Å². The van der Waals surface area contributed by atoms with Gasteiger partial charge in [-0.05, 0) is 80.2 Å². The Morgan fingerprint density at radius 1 is 1.09 bits per heavy atom. The zero-order valence-corrected chi connectivity index (χ0v) is 13.2. The molecule has 4 fully saturated rings. The van der Waals surface area contributed by atoms with E-state index in [4.69, 9.17) is 0 Å². The molecule has 0 aromatic carbocycles. The average Bonchev–Trinajstić information content (AvgIpc) is 2.45. The Morgan fingerprint density at radius 3 is 2.26 bits per heavy atom. The van der Waals surface area contributed by atoms with Gasteiger partial charge in [0.15, 0.2) is 0 Å². The first kappa shape index (κ1) is 15.3. The number of anilines is 1. The molecule has 1 N–H and O–H groups in total. The van der Waals surface area contributed by atoms with E-state index in [1.54, 1.807) is 0 Å². The highest BCUT2D eigenvalue weighted by Crippen LogP contribution is 2.61. The molecule has 4 bridgehead atoms. The van der Waals surface area contributed by atoms with Gasteiger partial charge in [0.25, 0.3) is 0 Å². The van der Waals surface area contributed by atoms with E-state index in [0.717, 1.165) is 30.2 Å². The van der Waals surface area contributed by atoms with Crippen molar-refractivity contribution in [1.29, 1.82) is 0 Å². The van der Waals surface area contributed by atoms with Crippen LogP contribution in [0.3, 0.4) is 0 Å². The summed E-state index contributed by atoms with van der Waals surface area (Å²) in [4.78, 5) is 3.90. The minimum Gasteiger partial charge on any atom is -0.370 e. The maximum Gasteiger partial charge on any atom is 0.419 e. The summed E-state index contributed by atoms with van der Waals surface area (Å²) in [6, 6.07) is 2.44. The van der Waals surface area contributed by atoms with Crippen molar-refractivity contribution in [2.75, 3.05) is 11.9 Å². The summed E-state index contributed by atoms with van der Waals surface area (Å²) >= 11 is 0. The Morgan fingerprint density at radius 2 is 1.70 bits per heavy atom. The maximum atomic E-state index is 13.0. The van der Waals surface area contributed by atoms with Crippen molar-refractivity contribution < 1.29 is 13.2 Å². The van der Waals surface area contributed by atoms with Gasteiger partial charge in [-0.1, -0.05) is 0 Å². The monoisotopic (exact) mass is 324 g/mol. The highest BCUT2D eigenvalue weighted by molar-refractivity contribution is 5.45. The zero-order chi connectivity index (χ0) is 16.1. The van der Waals surface area contributed by atoms with Gasteiger partial charge >= 0.3 is 6.18 Å². The van der Waals surface area contributed by atoms with Gasteiger partial charge in [0.1, 0.15) is 5.82 Å². The van der Waals surface area contributed by atoms with E-state index in [2.05, 4.69) is 10.3 Å². The van der Waals surface area contributed by atoms with E-state index in [-0.39, 0.29) is 5.82 Å². The predicted molar refractivity (Wildman–Crippen MR) is 83.0 cm³/mol. The molecule has 23 heavy (non-hydrogen) atoms. The van der Waals surface area contributed by atoms with Crippen LogP contribution in [0.1, 0.15) is 50.5 Å². The number of alkyl halides is 3. The largest absolute Gasteiger partial charge is 0.419 e. The van der Waals surface area contributed by atoms with E-state index in [1.807, 2.05) is 0 Å². The lowest BCUT2D eigenvalue weighted by Gasteiger charge is -2.57. The van der Waals surface area contributed by atoms with Crippen LogP contribution < -0.4 is 5.32 Å². The van der Waals surface area contributed by atoms with Crippen molar-refractivity contribution in [1.82, 2.24) is 4.98 Å². The van der Waals surface area contributed by atoms with Crippen LogP contribution in [0.15, 0.2) is 18.3 Å². The van der Waals surface area contributed by atoms with Crippen LogP contribution in [0.2, 0.25) is 0 Å². The molecule has 4 saturated carbocycles. The van der Waals surface area contributed by atoms with E-state index in [1.165, 1.54) is 50.8 Å². The summed E-state index contributed by atoms with van der Waals surface area (Å²) in [5, 5.41) is 2.96. The molecule has 2 nitrogen and oxygen atoms in total. The van der Waals surface area contributed by atoms with Gasteiger partial charge in [-0.25, -0.2) is 4.98 Å². The molecule has 5 rings (SSSR count). The van der Waals surface area contributed by atoms with Crippen LogP contribution in [0.25, 0.3) is 0 Å². The maximum absolute atomic E-state index is 13.0. The lowest BCUT2D eigenvalue weighted by atomic mass is 9.49. The second kappa shape index (κ2) is 5.38. The third-order valence-electron chi connectivity index (χ3n) is 6.23. The highest BCUT2D eigenvalue weighted by atomic mass is 19.4. The summed E-state index contributed by atoms with van der Waals surface area (Å²) < 4.78 is 39.0. The second-order valence-corrected chi connectivity index (χ2v) is 7.99. The standard InChI is InChI=1S/C18H23F3N2/c19-18(20,21)15-2-1-4-22-16(15)23-5-3-17-9-12-6-13(10-17)8-14(7-12)11-17/h1-2,4,12-14H,3,5-11H2,(H,22,23). The SMILES string of the molecule is FC(F)(F)c1cccnc1NCCC12CC3CC(CC(C3)C1)C2. The quantitative estimate of drug-likeness (QED) is 0.831. The Bertz CT molecular complexity index is 547. The minimum absolute atomic E-state index is 0.0234. The molecule has 0 spiro atoms. The summed E-state index contributed by atoms with van der Waals surface area (Å²) in [6.45, 7) is 0.590. The topological polar surface area (TPSA) is 24.9 Å².